The number of fused-ring (bicyclic) bond motifs is 1. The van der Waals surface area contributed by atoms with Gasteiger partial charge in [-0.2, -0.15) is 0 Å². The molecule has 4 rings (SSSR count). The molecule has 0 aliphatic carbocycles. The van der Waals surface area contributed by atoms with Gasteiger partial charge in [0, 0.05) is 17.3 Å². The monoisotopic (exact) mass is 483 g/mol. The SMILES string of the molecule is CCC(C)C(NC(=O)Nc1cccc(OC)c1)C(=O)Nc1nnc(-c2ccc3c(c2)OCO3)s1. The van der Waals surface area contributed by atoms with E-state index in [1.54, 1.807) is 37.4 Å². The van der Waals surface area contributed by atoms with Gasteiger partial charge in [-0.25, -0.2) is 4.79 Å². The zero-order valence-corrected chi connectivity index (χ0v) is 19.8. The first-order chi connectivity index (χ1) is 16.5. The summed E-state index contributed by atoms with van der Waals surface area (Å²) in [5.41, 5.74) is 1.36. The molecular formula is C23H25N5O5S. The molecule has 0 radical (unpaired) electrons. The molecule has 2 unspecified atom stereocenters. The number of amides is 3. The van der Waals surface area contributed by atoms with Gasteiger partial charge in [0.2, 0.25) is 17.8 Å². The summed E-state index contributed by atoms with van der Waals surface area (Å²) in [4.78, 5) is 25.6. The van der Waals surface area contributed by atoms with Crippen LogP contribution in [0, 0.1) is 5.92 Å². The molecular weight excluding hydrogens is 458 g/mol. The Kier molecular flexibility index (Phi) is 7.12. The van der Waals surface area contributed by atoms with Crippen molar-refractivity contribution < 1.29 is 23.8 Å². The van der Waals surface area contributed by atoms with Crippen molar-refractivity contribution in [2.24, 2.45) is 5.92 Å². The van der Waals surface area contributed by atoms with Gasteiger partial charge in [0.05, 0.1) is 7.11 Å². The average molecular weight is 484 g/mol. The fourth-order valence-corrected chi connectivity index (χ4v) is 4.06. The predicted octanol–water partition coefficient (Wildman–Crippen LogP) is 4.12. The average Bonchev–Trinajstić information content (AvgIpc) is 3.51. The standard InChI is InChI=1S/C23H25N5O5S/c1-4-13(2)19(25-22(30)24-15-6-5-7-16(11-15)31-3)20(29)26-23-28-27-21(34-23)14-8-9-17-18(10-14)33-12-32-17/h5-11,13,19H,4,12H2,1-3H3,(H2,24,25,30)(H,26,28,29). The molecule has 1 aliphatic rings. The first-order valence-electron chi connectivity index (χ1n) is 10.7. The van der Waals surface area contributed by atoms with Crippen LogP contribution in [-0.2, 0) is 4.79 Å². The number of nitrogens with zero attached hydrogens (tertiary/aromatic N) is 2. The summed E-state index contributed by atoms with van der Waals surface area (Å²) in [6.45, 7) is 4.04. The number of anilines is 2. The minimum atomic E-state index is -0.770. The van der Waals surface area contributed by atoms with Crippen LogP contribution in [0.2, 0.25) is 0 Å². The Morgan fingerprint density at radius 1 is 1.12 bits per heavy atom. The van der Waals surface area contributed by atoms with Crippen LogP contribution in [-0.4, -0.2) is 42.1 Å². The van der Waals surface area contributed by atoms with E-state index in [2.05, 4.69) is 26.1 Å². The molecule has 0 saturated heterocycles. The summed E-state index contributed by atoms with van der Waals surface area (Å²) in [5, 5.41) is 17.5. The molecule has 11 heteroatoms. The second-order valence-corrected chi connectivity index (χ2v) is 8.64. The number of aromatic nitrogens is 2. The van der Waals surface area contributed by atoms with E-state index in [0.717, 1.165) is 5.56 Å². The Morgan fingerprint density at radius 3 is 2.74 bits per heavy atom. The van der Waals surface area contributed by atoms with Crippen LogP contribution in [0.4, 0.5) is 15.6 Å². The number of methoxy groups -OCH3 is 1. The second kappa shape index (κ2) is 10.4. The van der Waals surface area contributed by atoms with E-state index in [1.807, 2.05) is 26.0 Å². The number of hydrogen-bond donors (Lipinski definition) is 3. The maximum absolute atomic E-state index is 13.0. The second-order valence-electron chi connectivity index (χ2n) is 7.66. The van der Waals surface area contributed by atoms with E-state index in [0.29, 0.717) is 39.5 Å². The quantitative estimate of drug-likeness (QED) is 0.440. The highest BCUT2D eigenvalue weighted by Gasteiger charge is 2.27. The third-order valence-corrected chi connectivity index (χ3v) is 6.27. The van der Waals surface area contributed by atoms with E-state index in [-0.39, 0.29) is 18.6 Å². The van der Waals surface area contributed by atoms with Crippen molar-refractivity contribution >= 4 is 34.1 Å². The van der Waals surface area contributed by atoms with Crippen molar-refractivity contribution in [2.75, 3.05) is 24.5 Å². The Labute approximate surface area is 200 Å². The molecule has 0 spiro atoms. The van der Waals surface area contributed by atoms with Gasteiger partial charge >= 0.3 is 6.03 Å². The first-order valence-corrected chi connectivity index (χ1v) is 11.5. The molecule has 34 heavy (non-hydrogen) atoms. The largest absolute Gasteiger partial charge is 0.497 e. The van der Waals surface area contributed by atoms with Gasteiger partial charge in [0.15, 0.2) is 11.5 Å². The molecule has 10 nitrogen and oxygen atoms in total. The maximum atomic E-state index is 13.0. The lowest BCUT2D eigenvalue weighted by Gasteiger charge is -2.23. The smallest absolute Gasteiger partial charge is 0.319 e. The van der Waals surface area contributed by atoms with Gasteiger partial charge in [-0.3, -0.25) is 10.1 Å². The summed E-state index contributed by atoms with van der Waals surface area (Å²) >= 11 is 1.23. The van der Waals surface area contributed by atoms with E-state index in [1.165, 1.54) is 11.3 Å². The Hall–Kier alpha value is -3.86. The van der Waals surface area contributed by atoms with Gasteiger partial charge in [0.1, 0.15) is 16.8 Å². The lowest BCUT2D eigenvalue weighted by molar-refractivity contribution is -0.119. The van der Waals surface area contributed by atoms with E-state index in [9.17, 15) is 9.59 Å². The first kappa shape index (κ1) is 23.3. The third-order valence-electron chi connectivity index (χ3n) is 5.38. The molecule has 3 amide bonds. The fraction of sp³-hybridized carbons (Fsp3) is 0.304. The van der Waals surface area contributed by atoms with E-state index >= 15 is 0 Å². The summed E-state index contributed by atoms with van der Waals surface area (Å²) in [5.74, 6) is 1.45. The Balaban J connectivity index is 1.42. The summed E-state index contributed by atoms with van der Waals surface area (Å²) in [6.07, 6.45) is 0.691. The van der Waals surface area contributed by atoms with Crippen molar-refractivity contribution in [3.63, 3.8) is 0 Å². The maximum Gasteiger partial charge on any atom is 0.319 e. The highest BCUT2D eigenvalue weighted by molar-refractivity contribution is 7.18. The molecule has 3 aromatic rings. The summed E-state index contributed by atoms with van der Waals surface area (Å²) in [7, 11) is 1.55. The normalized spacial score (nSPS) is 13.6. The van der Waals surface area contributed by atoms with Crippen LogP contribution in [0.1, 0.15) is 20.3 Å². The lowest BCUT2D eigenvalue weighted by atomic mass is 9.98. The van der Waals surface area contributed by atoms with Crippen molar-refractivity contribution in [1.82, 2.24) is 15.5 Å². The molecule has 178 valence electrons. The van der Waals surface area contributed by atoms with Gasteiger partial charge in [-0.05, 0) is 36.2 Å². The molecule has 0 fully saturated rings. The van der Waals surface area contributed by atoms with Crippen molar-refractivity contribution in [1.29, 1.82) is 0 Å². The van der Waals surface area contributed by atoms with Crippen molar-refractivity contribution in [2.45, 2.75) is 26.3 Å². The molecule has 2 aromatic carbocycles. The number of carbonyl (C=O) groups is 2. The number of nitrogens with one attached hydrogen (secondary N) is 3. The van der Waals surface area contributed by atoms with Gasteiger partial charge in [0.25, 0.3) is 0 Å². The van der Waals surface area contributed by atoms with Crippen LogP contribution in [0.15, 0.2) is 42.5 Å². The van der Waals surface area contributed by atoms with Crippen LogP contribution >= 0.6 is 11.3 Å². The number of ether oxygens (including phenoxy) is 3. The Bertz CT molecular complexity index is 1180. The highest BCUT2D eigenvalue weighted by atomic mass is 32.1. The third kappa shape index (κ3) is 5.37. The fourth-order valence-electron chi connectivity index (χ4n) is 3.31. The van der Waals surface area contributed by atoms with Gasteiger partial charge in [-0.1, -0.05) is 37.7 Å². The zero-order chi connectivity index (χ0) is 24.1. The molecule has 2 atom stereocenters. The van der Waals surface area contributed by atoms with Crippen molar-refractivity contribution in [3.8, 4) is 27.8 Å². The minimum Gasteiger partial charge on any atom is -0.497 e. The van der Waals surface area contributed by atoms with E-state index in [4.69, 9.17) is 14.2 Å². The lowest BCUT2D eigenvalue weighted by Crippen LogP contribution is -2.49. The Morgan fingerprint density at radius 2 is 1.94 bits per heavy atom. The molecule has 3 N–H and O–H groups in total. The van der Waals surface area contributed by atoms with Crippen LogP contribution in [0.25, 0.3) is 10.6 Å². The van der Waals surface area contributed by atoms with Crippen molar-refractivity contribution in [3.05, 3.63) is 42.5 Å². The summed E-state index contributed by atoms with van der Waals surface area (Å²) < 4.78 is 15.9. The summed E-state index contributed by atoms with van der Waals surface area (Å²) in [6, 6.07) is 11.2. The topological polar surface area (TPSA) is 124 Å². The predicted molar refractivity (Wildman–Crippen MR) is 128 cm³/mol. The number of urea groups is 1. The number of carbonyl (C=O) groups excluding carboxylic acids is 2. The number of rotatable bonds is 8. The van der Waals surface area contributed by atoms with Gasteiger partial charge < -0.3 is 24.8 Å². The van der Waals surface area contributed by atoms with Gasteiger partial charge in [-0.15, -0.1) is 10.2 Å². The number of hydrogen-bond acceptors (Lipinski definition) is 8. The highest BCUT2D eigenvalue weighted by Crippen LogP contribution is 2.37. The molecule has 2 heterocycles. The van der Waals surface area contributed by atoms with Crippen LogP contribution < -0.4 is 30.2 Å². The molecule has 0 bridgehead atoms. The molecule has 1 aromatic heterocycles. The molecule has 0 saturated carbocycles. The minimum absolute atomic E-state index is 0.114. The van der Waals surface area contributed by atoms with E-state index < -0.39 is 12.1 Å². The van der Waals surface area contributed by atoms with Crippen LogP contribution in [0.5, 0.6) is 17.2 Å². The van der Waals surface area contributed by atoms with Crippen LogP contribution in [0.3, 0.4) is 0 Å². The zero-order valence-electron chi connectivity index (χ0n) is 19.0. The number of benzene rings is 2. The molecule has 1 aliphatic heterocycles.